The lowest BCUT2D eigenvalue weighted by molar-refractivity contribution is 0.191. The van der Waals surface area contributed by atoms with E-state index in [9.17, 15) is 0 Å². The zero-order valence-electron chi connectivity index (χ0n) is 17.9. The molecule has 29 heavy (non-hydrogen) atoms. The minimum atomic E-state index is 0. The van der Waals surface area contributed by atoms with Crippen molar-refractivity contribution in [2.45, 2.75) is 59.2 Å². The van der Waals surface area contributed by atoms with Crippen LogP contribution < -0.4 is 10.6 Å². The number of hydrogen-bond acceptors (Lipinski definition) is 4. The van der Waals surface area contributed by atoms with E-state index in [1.54, 1.807) is 0 Å². The van der Waals surface area contributed by atoms with Gasteiger partial charge in [-0.3, -0.25) is 4.90 Å². The first-order valence-corrected chi connectivity index (χ1v) is 10.3. The van der Waals surface area contributed by atoms with Gasteiger partial charge >= 0.3 is 0 Å². The SMILES string of the molecule is CCNC(=NCc1cc(C(C)C)no1)NCC(C)N1CCc2ccccc2C1.I. The van der Waals surface area contributed by atoms with Crippen LogP contribution in [0, 0.1) is 0 Å². The smallest absolute Gasteiger partial charge is 0.191 e. The summed E-state index contributed by atoms with van der Waals surface area (Å²) in [4.78, 5) is 7.18. The Kier molecular flexibility index (Phi) is 9.42. The molecule has 2 heterocycles. The van der Waals surface area contributed by atoms with E-state index in [2.05, 4.69) is 77.6 Å². The van der Waals surface area contributed by atoms with Crippen molar-refractivity contribution in [2.24, 2.45) is 4.99 Å². The predicted molar refractivity (Wildman–Crippen MR) is 129 cm³/mol. The molecule has 6 nitrogen and oxygen atoms in total. The number of rotatable bonds is 7. The number of guanidine groups is 1. The zero-order chi connectivity index (χ0) is 19.9. The van der Waals surface area contributed by atoms with Crippen molar-refractivity contribution in [3.63, 3.8) is 0 Å². The van der Waals surface area contributed by atoms with Crippen LogP contribution in [0.5, 0.6) is 0 Å². The molecule has 0 spiro atoms. The fourth-order valence-corrected chi connectivity index (χ4v) is 3.44. The maximum atomic E-state index is 5.39. The van der Waals surface area contributed by atoms with Crippen LogP contribution in [0.25, 0.3) is 0 Å². The summed E-state index contributed by atoms with van der Waals surface area (Å²) < 4.78 is 5.39. The number of nitrogens with zero attached hydrogens (tertiary/aromatic N) is 3. The Morgan fingerprint density at radius 2 is 1.97 bits per heavy atom. The second-order valence-corrected chi connectivity index (χ2v) is 7.79. The van der Waals surface area contributed by atoms with E-state index in [0.717, 1.165) is 50.0 Å². The average Bonchev–Trinajstić information content (AvgIpc) is 3.19. The molecule has 3 rings (SSSR count). The van der Waals surface area contributed by atoms with Crippen LogP contribution in [0.15, 0.2) is 39.8 Å². The third-order valence-corrected chi connectivity index (χ3v) is 5.25. The number of aromatic nitrogens is 1. The molecule has 1 unspecified atom stereocenters. The molecule has 0 bridgehead atoms. The predicted octanol–water partition coefficient (Wildman–Crippen LogP) is 3.92. The summed E-state index contributed by atoms with van der Waals surface area (Å²) in [5.74, 6) is 1.97. The number of aliphatic imine (C=N–C) groups is 1. The van der Waals surface area contributed by atoms with Gasteiger partial charge in [-0.25, -0.2) is 4.99 Å². The van der Waals surface area contributed by atoms with Gasteiger partial charge in [0.2, 0.25) is 0 Å². The molecule has 7 heteroatoms. The third-order valence-electron chi connectivity index (χ3n) is 5.25. The highest BCUT2D eigenvalue weighted by atomic mass is 127. The van der Waals surface area contributed by atoms with Crippen LogP contribution in [0.1, 0.15) is 56.2 Å². The Labute approximate surface area is 191 Å². The molecule has 0 fully saturated rings. The summed E-state index contributed by atoms with van der Waals surface area (Å²) >= 11 is 0. The van der Waals surface area contributed by atoms with Crippen LogP contribution in [0.4, 0.5) is 0 Å². The highest BCUT2D eigenvalue weighted by molar-refractivity contribution is 14.0. The summed E-state index contributed by atoms with van der Waals surface area (Å²) in [5.41, 5.74) is 3.91. The van der Waals surface area contributed by atoms with Crippen LogP contribution in [0.3, 0.4) is 0 Å². The van der Waals surface area contributed by atoms with Gasteiger partial charge in [0, 0.05) is 38.3 Å². The molecule has 1 aromatic carbocycles. The molecule has 1 aliphatic rings. The van der Waals surface area contributed by atoms with Crippen molar-refractivity contribution in [1.82, 2.24) is 20.7 Å². The third kappa shape index (κ3) is 6.70. The van der Waals surface area contributed by atoms with Gasteiger partial charge < -0.3 is 15.2 Å². The number of halogens is 1. The van der Waals surface area contributed by atoms with Gasteiger partial charge in [-0.2, -0.15) is 0 Å². The maximum Gasteiger partial charge on any atom is 0.191 e. The Hall–Kier alpha value is -1.61. The Morgan fingerprint density at radius 3 is 2.66 bits per heavy atom. The summed E-state index contributed by atoms with van der Waals surface area (Å²) in [7, 11) is 0. The van der Waals surface area contributed by atoms with Crippen LogP contribution in [-0.2, 0) is 19.5 Å². The molecule has 0 amide bonds. The second kappa shape index (κ2) is 11.5. The molecule has 1 aliphatic heterocycles. The van der Waals surface area contributed by atoms with E-state index in [1.807, 2.05) is 6.07 Å². The zero-order valence-corrected chi connectivity index (χ0v) is 20.3. The van der Waals surface area contributed by atoms with Crippen molar-refractivity contribution < 1.29 is 4.52 Å². The van der Waals surface area contributed by atoms with Crippen molar-refractivity contribution in [3.05, 3.63) is 52.9 Å². The highest BCUT2D eigenvalue weighted by Gasteiger charge is 2.20. The first-order valence-electron chi connectivity index (χ1n) is 10.3. The van der Waals surface area contributed by atoms with Gasteiger partial charge in [0.15, 0.2) is 11.7 Å². The number of benzene rings is 1. The largest absolute Gasteiger partial charge is 0.359 e. The van der Waals surface area contributed by atoms with Crippen LogP contribution in [0.2, 0.25) is 0 Å². The van der Waals surface area contributed by atoms with Gasteiger partial charge in [-0.15, -0.1) is 24.0 Å². The monoisotopic (exact) mass is 511 g/mol. The highest BCUT2D eigenvalue weighted by Crippen LogP contribution is 2.20. The van der Waals surface area contributed by atoms with E-state index >= 15 is 0 Å². The van der Waals surface area contributed by atoms with Crippen molar-refractivity contribution in [1.29, 1.82) is 0 Å². The summed E-state index contributed by atoms with van der Waals surface area (Å²) in [5, 5.41) is 10.9. The molecule has 160 valence electrons. The molecule has 0 aliphatic carbocycles. The number of fused-ring (bicyclic) bond motifs is 1. The van der Waals surface area contributed by atoms with Gasteiger partial charge in [0.05, 0.1) is 5.69 Å². The first-order chi connectivity index (χ1) is 13.6. The summed E-state index contributed by atoms with van der Waals surface area (Å²) in [6, 6.07) is 11.2. The molecule has 0 saturated carbocycles. The Morgan fingerprint density at radius 1 is 1.21 bits per heavy atom. The molecule has 0 radical (unpaired) electrons. The topological polar surface area (TPSA) is 65.7 Å². The van der Waals surface area contributed by atoms with Gasteiger partial charge in [0.1, 0.15) is 6.54 Å². The van der Waals surface area contributed by atoms with Crippen molar-refractivity contribution in [2.75, 3.05) is 19.6 Å². The molecular formula is C22H34IN5O. The van der Waals surface area contributed by atoms with E-state index in [-0.39, 0.29) is 24.0 Å². The maximum absolute atomic E-state index is 5.39. The van der Waals surface area contributed by atoms with Gasteiger partial charge in [0.25, 0.3) is 0 Å². The number of hydrogen-bond donors (Lipinski definition) is 2. The molecule has 1 aromatic heterocycles. The van der Waals surface area contributed by atoms with E-state index in [0.29, 0.717) is 18.5 Å². The van der Waals surface area contributed by atoms with Gasteiger partial charge in [-0.1, -0.05) is 43.3 Å². The van der Waals surface area contributed by atoms with Crippen molar-refractivity contribution in [3.8, 4) is 0 Å². The lowest BCUT2D eigenvalue weighted by atomic mass is 9.99. The molecule has 1 atom stereocenters. The summed E-state index contributed by atoms with van der Waals surface area (Å²) in [6.45, 7) is 12.8. The fraction of sp³-hybridized carbons (Fsp3) is 0.545. The average molecular weight is 511 g/mol. The normalized spacial score (nSPS) is 15.6. The standard InChI is InChI=1S/C22H33N5O.HI/c1-5-23-22(25-14-20-12-21(16(2)3)26-28-20)24-13-17(4)27-11-10-18-8-6-7-9-19(18)15-27;/h6-9,12,16-17H,5,10-11,13-15H2,1-4H3,(H2,23,24,25);1H. The minimum Gasteiger partial charge on any atom is -0.359 e. The van der Waals surface area contributed by atoms with Crippen LogP contribution in [-0.4, -0.2) is 41.7 Å². The summed E-state index contributed by atoms with van der Waals surface area (Å²) in [6.07, 6.45) is 1.12. The number of nitrogens with one attached hydrogen (secondary N) is 2. The minimum absolute atomic E-state index is 0. The molecule has 0 saturated heterocycles. The van der Waals surface area contributed by atoms with E-state index < -0.39 is 0 Å². The lowest BCUT2D eigenvalue weighted by Gasteiger charge is -2.34. The van der Waals surface area contributed by atoms with E-state index in [4.69, 9.17) is 4.52 Å². The van der Waals surface area contributed by atoms with Crippen molar-refractivity contribution >= 4 is 29.9 Å². The molecule has 2 aromatic rings. The Balaban J connectivity index is 0.00000300. The lowest BCUT2D eigenvalue weighted by Crippen LogP contribution is -2.47. The fourth-order valence-electron chi connectivity index (χ4n) is 3.44. The molecule has 2 N–H and O–H groups in total. The first kappa shape index (κ1) is 23.7. The van der Waals surface area contributed by atoms with E-state index in [1.165, 1.54) is 11.1 Å². The molecular weight excluding hydrogens is 477 g/mol. The quantitative estimate of drug-likeness (QED) is 0.335. The van der Waals surface area contributed by atoms with Crippen LogP contribution >= 0.6 is 24.0 Å². The van der Waals surface area contributed by atoms with Gasteiger partial charge in [-0.05, 0) is 37.3 Å². The Bertz CT molecular complexity index is 789. The second-order valence-electron chi connectivity index (χ2n) is 7.79.